The summed E-state index contributed by atoms with van der Waals surface area (Å²) in [6, 6.07) is 12.0. The summed E-state index contributed by atoms with van der Waals surface area (Å²) >= 11 is 7.16. The number of likely N-dealkylation sites (tertiary alicyclic amines) is 1. The van der Waals surface area contributed by atoms with Crippen LogP contribution in [0.2, 0.25) is 5.02 Å². The summed E-state index contributed by atoms with van der Waals surface area (Å²) in [7, 11) is 3.02. The van der Waals surface area contributed by atoms with Gasteiger partial charge >= 0.3 is 0 Å². The fraction of sp³-hybridized carbons (Fsp3) is 0.321. The third kappa shape index (κ3) is 6.50. The molecule has 194 valence electrons. The summed E-state index contributed by atoms with van der Waals surface area (Å²) in [4.78, 5) is 41.6. The van der Waals surface area contributed by atoms with E-state index in [1.807, 2.05) is 12.1 Å². The number of amides is 1. The zero-order valence-electron chi connectivity index (χ0n) is 21.0. The van der Waals surface area contributed by atoms with Gasteiger partial charge < -0.3 is 14.4 Å². The van der Waals surface area contributed by atoms with Crippen LogP contribution in [0, 0.1) is 5.92 Å². The summed E-state index contributed by atoms with van der Waals surface area (Å²) < 4.78 is 12.8. The van der Waals surface area contributed by atoms with Crippen molar-refractivity contribution in [3.63, 3.8) is 0 Å². The van der Waals surface area contributed by atoms with Crippen molar-refractivity contribution in [1.82, 2.24) is 9.47 Å². The highest BCUT2D eigenvalue weighted by atomic mass is 35.5. The van der Waals surface area contributed by atoms with Crippen LogP contribution in [0.5, 0.6) is 11.5 Å². The van der Waals surface area contributed by atoms with Gasteiger partial charge in [-0.25, -0.2) is 0 Å². The topological polar surface area (TPSA) is 77.8 Å². The van der Waals surface area contributed by atoms with E-state index in [4.69, 9.17) is 21.1 Å². The van der Waals surface area contributed by atoms with Gasteiger partial charge in [0.25, 0.3) is 5.56 Å². The van der Waals surface area contributed by atoms with Crippen molar-refractivity contribution in [3.8, 4) is 11.5 Å². The van der Waals surface area contributed by atoms with Crippen molar-refractivity contribution in [3.05, 3.63) is 78.2 Å². The molecule has 0 unspecified atom stereocenters. The molecule has 0 saturated carbocycles. The quantitative estimate of drug-likeness (QED) is 0.430. The molecular weight excluding hydrogens is 512 g/mol. The summed E-state index contributed by atoms with van der Waals surface area (Å²) in [6.07, 6.45) is 5.01. The van der Waals surface area contributed by atoms with Crippen LogP contribution in [-0.4, -0.2) is 48.5 Å². The van der Waals surface area contributed by atoms with Crippen molar-refractivity contribution < 1.29 is 19.1 Å². The number of thiazole rings is 1. The fourth-order valence-electron chi connectivity index (χ4n) is 4.14. The standard InChI is InChI=1S/C28H29ClN2O5S/c1-18-8-10-30(11-9-18)26(33)17-31-27(16-24(32)20-13-22(35-2)15-23(14-20)36-3)37-25(28(31)34)12-19-4-6-21(29)7-5-19/h4-7,12-16,18H,8-11,17H2,1-3H3/b25-12+,27-16+. The van der Waals surface area contributed by atoms with Crippen LogP contribution in [-0.2, 0) is 11.3 Å². The minimum atomic E-state index is -0.329. The second-order valence-electron chi connectivity index (χ2n) is 9.06. The minimum Gasteiger partial charge on any atom is -0.497 e. The lowest BCUT2D eigenvalue weighted by molar-refractivity contribution is -0.133. The van der Waals surface area contributed by atoms with E-state index in [2.05, 4.69) is 6.92 Å². The van der Waals surface area contributed by atoms with E-state index < -0.39 is 0 Å². The van der Waals surface area contributed by atoms with Crippen LogP contribution in [0.1, 0.15) is 35.7 Å². The molecule has 0 bridgehead atoms. The average Bonchev–Trinajstić information content (AvgIpc) is 3.18. The van der Waals surface area contributed by atoms with E-state index in [9.17, 15) is 14.4 Å². The molecule has 1 fully saturated rings. The van der Waals surface area contributed by atoms with Gasteiger partial charge in [0.2, 0.25) is 5.91 Å². The molecule has 0 N–H and O–H groups in total. The van der Waals surface area contributed by atoms with Crippen LogP contribution in [0.4, 0.5) is 0 Å². The van der Waals surface area contributed by atoms with Gasteiger partial charge in [-0.15, -0.1) is 11.3 Å². The van der Waals surface area contributed by atoms with Gasteiger partial charge in [-0.1, -0.05) is 30.7 Å². The molecule has 1 amide bonds. The predicted molar refractivity (Wildman–Crippen MR) is 146 cm³/mol. The van der Waals surface area contributed by atoms with E-state index in [0.29, 0.717) is 50.3 Å². The molecule has 1 aliphatic rings. The van der Waals surface area contributed by atoms with E-state index in [-0.39, 0.29) is 23.8 Å². The zero-order valence-corrected chi connectivity index (χ0v) is 22.6. The van der Waals surface area contributed by atoms with Crippen LogP contribution in [0.3, 0.4) is 0 Å². The third-order valence-electron chi connectivity index (χ3n) is 6.42. The maximum atomic E-state index is 13.4. The Kier molecular flexibility index (Phi) is 8.51. The maximum Gasteiger partial charge on any atom is 0.269 e. The van der Waals surface area contributed by atoms with Gasteiger partial charge in [0, 0.05) is 35.8 Å². The summed E-state index contributed by atoms with van der Waals surface area (Å²) in [5.74, 6) is 1.08. The Bertz CT molecular complexity index is 1450. The normalized spacial score (nSPS) is 15.2. The van der Waals surface area contributed by atoms with Crippen molar-refractivity contribution in [2.45, 2.75) is 26.3 Å². The molecule has 0 atom stereocenters. The number of carbonyl (C=O) groups is 2. The molecule has 9 heteroatoms. The zero-order chi connectivity index (χ0) is 26.5. The summed E-state index contributed by atoms with van der Waals surface area (Å²) in [5, 5.41) is 0.593. The first-order valence-corrected chi connectivity index (χ1v) is 13.2. The number of methoxy groups -OCH3 is 2. The number of halogens is 1. The number of piperidine rings is 1. The van der Waals surface area contributed by atoms with Gasteiger partial charge in [0.15, 0.2) is 5.78 Å². The molecule has 4 rings (SSSR count). The number of ether oxygens (including phenoxy) is 2. The number of ketones is 1. The van der Waals surface area contributed by atoms with E-state index in [1.54, 1.807) is 41.3 Å². The van der Waals surface area contributed by atoms with Crippen LogP contribution >= 0.6 is 22.9 Å². The molecule has 2 heterocycles. The molecule has 1 saturated heterocycles. The highest BCUT2D eigenvalue weighted by Gasteiger charge is 2.22. The van der Waals surface area contributed by atoms with Crippen molar-refractivity contribution in [1.29, 1.82) is 0 Å². The van der Waals surface area contributed by atoms with Crippen molar-refractivity contribution >= 4 is 46.8 Å². The van der Waals surface area contributed by atoms with E-state index >= 15 is 0 Å². The lowest BCUT2D eigenvalue weighted by Crippen LogP contribution is -2.43. The smallest absolute Gasteiger partial charge is 0.269 e. The number of hydrogen-bond acceptors (Lipinski definition) is 6. The molecule has 0 aliphatic carbocycles. The largest absolute Gasteiger partial charge is 0.497 e. The minimum absolute atomic E-state index is 0.126. The average molecular weight is 541 g/mol. The molecule has 7 nitrogen and oxygen atoms in total. The predicted octanol–water partition coefficient (Wildman–Crippen LogP) is 3.33. The Morgan fingerprint density at radius 1 is 1.05 bits per heavy atom. The Hall–Kier alpha value is -3.36. The SMILES string of the molecule is COc1cc(OC)cc(C(=O)/C=c2/s/c(=C/c3ccc(Cl)cc3)c(=O)n2CC(=O)N2CCC(C)CC2)c1. The molecular formula is C28H29ClN2O5S. The van der Waals surface area contributed by atoms with Crippen LogP contribution in [0.25, 0.3) is 12.2 Å². The van der Waals surface area contributed by atoms with Crippen molar-refractivity contribution in [2.75, 3.05) is 27.3 Å². The number of nitrogens with zero attached hydrogens (tertiary/aromatic N) is 2. The number of hydrogen-bond donors (Lipinski definition) is 0. The number of aromatic nitrogens is 1. The Labute approximate surface area is 224 Å². The number of Topliss-reactive ketones (excluding diaryl/α,β-unsaturated/α-hetero) is 1. The molecule has 37 heavy (non-hydrogen) atoms. The number of benzene rings is 2. The van der Waals surface area contributed by atoms with Gasteiger partial charge in [0.05, 0.1) is 18.8 Å². The van der Waals surface area contributed by atoms with E-state index in [0.717, 1.165) is 18.4 Å². The molecule has 1 aliphatic heterocycles. The van der Waals surface area contributed by atoms with Crippen LogP contribution < -0.4 is 24.2 Å². The fourth-order valence-corrected chi connectivity index (χ4v) is 5.31. The van der Waals surface area contributed by atoms with Gasteiger partial charge in [0.1, 0.15) is 22.7 Å². The first kappa shape index (κ1) is 26.7. The molecule has 1 aromatic heterocycles. The number of carbonyl (C=O) groups excluding carboxylic acids is 2. The maximum absolute atomic E-state index is 13.4. The highest BCUT2D eigenvalue weighted by Crippen LogP contribution is 2.23. The molecule has 0 spiro atoms. The lowest BCUT2D eigenvalue weighted by atomic mass is 9.99. The summed E-state index contributed by atoms with van der Waals surface area (Å²) in [5.41, 5.74) is 0.825. The van der Waals surface area contributed by atoms with Gasteiger partial charge in [-0.3, -0.25) is 19.0 Å². The summed E-state index contributed by atoms with van der Waals surface area (Å²) in [6.45, 7) is 3.39. The van der Waals surface area contributed by atoms with Gasteiger partial charge in [-0.2, -0.15) is 0 Å². The third-order valence-corrected chi connectivity index (χ3v) is 7.74. The Morgan fingerprint density at radius 2 is 1.68 bits per heavy atom. The highest BCUT2D eigenvalue weighted by molar-refractivity contribution is 7.07. The Morgan fingerprint density at radius 3 is 2.27 bits per heavy atom. The molecule has 2 aromatic carbocycles. The molecule has 3 aromatic rings. The molecule has 0 radical (unpaired) electrons. The van der Waals surface area contributed by atoms with Gasteiger partial charge in [-0.05, 0) is 54.7 Å². The lowest BCUT2D eigenvalue weighted by Gasteiger charge is -2.30. The first-order valence-electron chi connectivity index (χ1n) is 12.0. The second-order valence-corrected chi connectivity index (χ2v) is 10.6. The second kappa shape index (κ2) is 11.8. The number of rotatable bonds is 7. The van der Waals surface area contributed by atoms with E-state index in [1.165, 1.54) is 36.2 Å². The first-order chi connectivity index (χ1) is 17.8. The Balaban J connectivity index is 1.77. The van der Waals surface area contributed by atoms with Crippen molar-refractivity contribution in [2.24, 2.45) is 5.92 Å². The monoisotopic (exact) mass is 540 g/mol. The van der Waals surface area contributed by atoms with Crippen LogP contribution in [0.15, 0.2) is 47.3 Å².